The zero-order chi connectivity index (χ0) is 13.1. The number of thiophene rings is 1. The normalized spacial score (nSPS) is 18.6. The van der Waals surface area contributed by atoms with Crippen LogP contribution in [0.2, 0.25) is 0 Å². The van der Waals surface area contributed by atoms with Gasteiger partial charge in [-0.3, -0.25) is 4.79 Å². The highest BCUT2D eigenvalue weighted by Crippen LogP contribution is 2.28. The van der Waals surface area contributed by atoms with E-state index in [2.05, 4.69) is 31.3 Å². The molecule has 2 heterocycles. The second kappa shape index (κ2) is 5.85. The van der Waals surface area contributed by atoms with Gasteiger partial charge in [0.25, 0.3) is 0 Å². The molecule has 1 amide bonds. The fourth-order valence-electron chi connectivity index (χ4n) is 2.42. The first kappa shape index (κ1) is 13.6. The maximum Gasteiger partial charge on any atom is 0.226 e. The lowest BCUT2D eigenvalue weighted by Crippen LogP contribution is -2.40. The van der Waals surface area contributed by atoms with Crippen molar-refractivity contribution in [2.24, 2.45) is 5.92 Å². The molecule has 1 aliphatic rings. The Labute approximate surface area is 113 Å². The van der Waals surface area contributed by atoms with Crippen molar-refractivity contribution in [3.63, 3.8) is 0 Å². The average Bonchev–Trinajstić information content (AvgIpc) is 2.84. The maximum absolute atomic E-state index is 12.4. The molecular formula is C14H22N2OS. The summed E-state index contributed by atoms with van der Waals surface area (Å²) in [5.74, 6) is 0.509. The number of hydrogen-bond donors (Lipinski definition) is 1. The molecule has 1 aliphatic heterocycles. The van der Waals surface area contributed by atoms with Crippen molar-refractivity contribution >= 4 is 17.2 Å². The zero-order valence-corrected chi connectivity index (χ0v) is 12.2. The van der Waals surface area contributed by atoms with Crippen LogP contribution in [0.25, 0.3) is 0 Å². The van der Waals surface area contributed by atoms with Gasteiger partial charge >= 0.3 is 0 Å². The van der Waals surface area contributed by atoms with Gasteiger partial charge in [0, 0.05) is 22.7 Å². The largest absolute Gasteiger partial charge is 0.338 e. The lowest BCUT2D eigenvalue weighted by atomic mass is 9.96. The predicted octanol–water partition coefficient (Wildman–Crippen LogP) is 2.58. The number of nitrogens with one attached hydrogen (secondary N) is 1. The number of aryl methyl sites for hydroxylation is 1. The van der Waals surface area contributed by atoms with Crippen LogP contribution in [0.4, 0.5) is 0 Å². The van der Waals surface area contributed by atoms with Crippen LogP contribution in [-0.4, -0.2) is 30.9 Å². The van der Waals surface area contributed by atoms with E-state index in [1.165, 1.54) is 9.75 Å². The van der Waals surface area contributed by atoms with E-state index >= 15 is 0 Å². The van der Waals surface area contributed by atoms with Crippen LogP contribution in [0.15, 0.2) is 12.1 Å². The van der Waals surface area contributed by atoms with Gasteiger partial charge in [0.05, 0.1) is 6.04 Å². The highest BCUT2D eigenvalue weighted by molar-refractivity contribution is 7.12. The molecule has 1 aromatic rings. The lowest BCUT2D eigenvalue weighted by Gasteiger charge is -2.30. The number of amides is 1. The molecule has 2 rings (SSSR count). The quantitative estimate of drug-likeness (QED) is 0.912. The molecule has 3 nitrogen and oxygen atoms in total. The van der Waals surface area contributed by atoms with Gasteiger partial charge in [0.15, 0.2) is 0 Å². The summed E-state index contributed by atoms with van der Waals surface area (Å²) in [6, 6.07) is 4.45. The minimum absolute atomic E-state index is 0.186. The Morgan fingerprint density at radius 2 is 2.11 bits per heavy atom. The molecule has 0 bridgehead atoms. The minimum atomic E-state index is 0.186. The van der Waals surface area contributed by atoms with E-state index in [0.717, 1.165) is 25.9 Å². The number of nitrogens with zero attached hydrogens (tertiary/aromatic N) is 1. The molecular weight excluding hydrogens is 244 g/mol. The Bertz CT molecular complexity index is 410. The van der Waals surface area contributed by atoms with E-state index in [1.807, 2.05) is 11.9 Å². The second-order valence-corrected chi connectivity index (χ2v) is 6.42. The molecule has 1 N–H and O–H groups in total. The summed E-state index contributed by atoms with van der Waals surface area (Å²) in [4.78, 5) is 16.9. The second-order valence-electron chi connectivity index (χ2n) is 5.10. The van der Waals surface area contributed by atoms with E-state index < -0.39 is 0 Å². The van der Waals surface area contributed by atoms with Crippen LogP contribution in [0, 0.1) is 12.8 Å². The first-order valence-corrected chi connectivity index (χ1v) is 7.45. The molecule has 0 aromatic carbocycles. The minimum Gasteiger partial charge on any atom is -0.338 e. The van der Waals surface area contributed by atoms with Gasteiger partial charge < -0.3 is 10.2 Å². The third-order valence-electron chi connectivity index (χ3n) is 3.79. The van der Waals surface area contributed by atoms with Gasteiger partial charge in [-0.05, 0) is 51.9 Å². The van der Waals surface area contributed by atoms with Crippen molar-refractivity contribution in [3.05, 3.63) is 21.9 Å². The molecule has 1 saturated heterocycles. The molecule has 1 unspecified atom stereocenters. The van der Waals surface area contributed by atoms with E-state index in [9.17, 15) is 4.79 Å². The fraction of sp³-hybridized carbons (Fsp3) is 0.643. The van der Waals surface area contributed by atoms with Crippen molar-refractivity contribution in [2.75, 3.05) is 20.1 Å². The van der Waals surface area contributed by atoms with Gasteiger partial charge in [-0.1, -0.05) is 0 Å². The topological polar surface area (TPSA) is 32.3 Å². The third kappa shape index (κ3) is 2.93. The fourth-order valence-corrected chi connectivity index (χ4v) is 3.39. The smallest absolute Gasteiger partial charge is 0.226 e. The molecule has 0 saturated carbocycles. The van der Waals surface area contributed by atoms with Gasteiger partial charge in [-0.25, -0.2) is 0 Å². The summed E-state index contributed by atoms with van der Waals surface area (Å²) in [6.45, 7) is 6.16. The molecule has 1 fully saturated rings. The van der Waals surface area contributed by atoms with E-state index in [0.29, 0.717) is 5.91 Å². The Hall–Kier alpha value is -0.870. The first-order chi connectivity index (χ1) is 8.59. The van der Waals surface area contributed by atoms with E-state index in [4.69, 9.17) is 0 Å². The van der Waals surface area contributed by atoms with Gasteiger partial charge in [0.1, 0.15) is 0 Å². The van der Waals surface area contributed by atoms with Crippen LogP contribution in [-0.2, 0) is 4.79 Å². The molecule has 1 aromatic heterocycles. The van der Waals surface area contributed by atoms with Crippen LogP contribution in [0.1, 0.15) is 35.6 Å². The molecule has 0 radical (unpaired) electrons. The van der Waals surface area contributed by atoms with Crippen molar-refractivity contribution < 1.29 is 4.79 Å². The average molecular weight is 266 g/mol. The molecule has 4 heteroatoms. The predicted molar refractivity (Wildman–Crippen MR) is 75.8 cm³/mol. The molecule has 0 aliphatic carbocycles. The zero-order valence-electron chi connectivity index (χ0n) is 11.4. The molecule has 1 atom stereocenters. The van der Waals surface area contributed by atoms with Crippen LogP contribution >= 0.6 is 11.3 Å². The highest BCUT2D eigenvalue weighted by Gasteiger charge is 2.27. The van der Waals surface area contributed by atoms with Gasteiger partial charge in [-0.15, -0.1) is 11.3 Å². The first-order valence-electron chi connectivity index (χ1n) is 6.63. The SMILES string of the molecule is Cc1ccc(C(C)N(C)C(=O)C2CCNCC2)s1. The summed E-state index contributed by atoms with van der Waals surface area (Å²) in [6.07, 6.45) is 1.94. The highest BCUT2D eigenvalue weighted by atomic mass is 32.1. The number of piperidine rings is 1. The molecule has 18 heavy (non-hydrogen) atoms. The maximum atomic E-state index is 12.4. The third-order valence-corrected chi connectivity index (χ3v) is 4.96. The Kier molecular flexibility index (Phi) is 4.40. The van der Waals surface area contributed by atoms with E-state index in [1.54, 1.807) is 11.3 Å². The van der Waals surface area contributed by atoms with Crippen LogP contribution in [0.3, 0.4) is 0 Å². The number of rotatable bonds is 3. The summed E-state index contributed by atoms with van der Waals surface area (Å²) in [5, 5.41) is 3.30. The number of hydrogen-bond acceptors (Lipinski definition) is 3. The van der Waals surface area contributed by atoms with Crippen molar-refractivity contribution in [1.29, 1.82) is 0 Å². The van der Waals surface area contributed by atoms with Crippen molar-refractivity contribution in [2.45, 2.75) is 32.7 Å². The Balaban J connectivity index is 2.01. The van der Waals surface area contributed by atoms with E-state index in [-0.39, 0.29) is 12.0 Å². The number of carbonyl (C=O) groups is 1. The Morgan fingerprint density at radius 1 is 1.44 bits per heavy atom. The summed E-state index contributed by atoms with van der Waals surface area (Å²) in [7, 11) is 1.93. The summed E-state index contributed by atoms with van der Waals surface area (Å²) >= 11 is 1.78. The van der Waals surface area contributed by atoms with Crippen LogP contribution in [0.5, 0.6) is 0 Å². The van der Waals surface area contributed by atoms with Crippen LogP contribution < -0.4 is 5.32 Å². The van der Waals surface area contributed by atoms with Gasteiger partial charge in [0.2, 0.25) is 5.91 Å². The monoisotopic (exact) mass is 266 g/mol. The van der Waals surface area contributed by atoms with Crippen molar-refractivity contribution in [1.82, 2.24) is 10.2 Å². The molecule has 0 spiro atoms. The molecule has 100 valence electrons. The lowest BCUT2D eigenvalue weighted by molar-refractivity contribution is -0.136. The summed E-state index contributed by atoms with van der Waals surface area (Å²) < 4.78 is 0. The van der Waals surface area contributed by atoms with Gasteiger partial charge in [-0.2, -0.15) is 0 Å². The number of carbonyl (C=O) groups excluding carboxylic acids is 1. The Morgan fingerprint density at radius 3 is 2.67 bits per heavy atom. The van der Waals surface area contributed by atoms with Crippen molar-refractivity contribution in [3.8, 4) is 0 Å². The summed E-state index contributed by atoms with van der Waals surface area (Å²) in [5.41, 5.74) is 0. The standard InChI is InChI=1S/C14H22N2OS/c1-10-4-5-13(18-10)11(2)16(3)14(17)12-6-8-15-9-7-12/h4-5,11-12,15H,6-9H2,1-3H3.